The highest BCUT2D eigenvalue weighted by Gasteiger charge is 2.21. The van der Waals surface area contributed by atoms with E-state index in [0.717, 1.165) is 33.4 Å². The summed E-state index contributed by atoms with van der Waals surface area (Å²) in [6.45, 7) is 12.4. The van der Waals surface area contributed by atoms with E-state index in [-0.39, 0.29) is 23.3 Å². The van der Waals surface area contributed by atoms with Gasteiger partial charge in [-0.05, 0) is 60.1 Å². The molecular formula is C20H26O2. The molecule has 0 saturated heterocycles. The first kappa shape index (κ1) is 16.4. The highest BCUT2D eigenvalue weighted by Crippen LogP contribution is 2.45. The van der Waals surface area contributed by atoms with Gasteiger partial charge in [0.2, 0.25) is 0 Å². The molecule has 0 unspecified atom stereocenters. The van der Waals surface area contributed by atoms with Gasteiger partial charge in [0.15, 0.2) is 0 Å². The summed E-state index contributed by atoms with van der Waals surface area (Å²) in [4.78, 5) is 0. The Morgan fingerprint density at radius 2 is 0.955 bits per heavy atom. The number of aryl methyl sites for hydroxylation is 2. The summed E-state index contributed by atoms with van der Waals surface area (Å²) in [5, 5.41) is 21.1. The lowest BCUT2D eigenvalue weighted by atomic mass is 9.84. The number of phenolic OH excluding ortho intramolecular Hbond substituents is 2. The van der Waals surface area contributed by atoms with Crippen LogP contribution in [0.3, 0.4) is 0 Å². The van der Waals surface area contributed by atoms with Gasteiger partial charge in [-0.25, -0.2) is 0 Å². The highest BCUT2D eigenvalue weighted by atomic mass is 16.3. The Bertz CT molecular complexity index is 636. The fraction of sp³-hybridized carbons (Fsp3) is 0.400. The smallest absolute Gasteiger partial charge is 0.124 e. The van der Waals surface area contributed by atoms with Crippen LogP contribution in [-0.4, -0.2) is 10.2 Å². The van der Waals surface area contributed by atoms with Gasteiger partial charge >= 0.3 is 0 Å². The minimum Gasteiger partial charge on any atom is -0.507 e. The first-order valence-electron chi connectivity index (χ1n) is 7.89. The van der Waals surface area contributed by atoms with Crippen molar-refractivity contribution in [3.8, 4) is 22.6 Å². The third-order valence-corrected chi connectivity index (χ3v) is 4.08. The van der Waals surface area contributed by atoms with E-state index in [1.165, 1.54) is 0 Å². The molecule has 0 fully saturated rings. The van der Waals surface area contributed by atoms with E-state index in [0.29, 0.717) is 0 Å². The van der Waals surface area contributed by atoms with Crippen molar-refractivity contribution in [3.63, 3.8) is 0 Å². The summed E-state index contributed by atoms with van der Waals surface area (Å²) >= 11 is 0. The Hall–Kier alpha value is -1.96. The second kappa shape index (κ2) is 6.04. The second-order valence-electron chi connectivity index (χ2n) is 6.81. The van der Waals surface area contributed by atoms with Crippen LogP contribution >= 0.6 is 0 Å². The van der Waals surface area contributed by atoms with Crippen LogP contribution in [0.25, 0.3) is 11.1 Å². The summed E-state index contributed by atoms with van der Waals surface area (Å²) < 4.78 is 0. The fourth-order valence-electron chi connectivity index (χ4n) is 3.05. The number of hydrogen-bond donors (Lipinski definition) is 2. The molecule has 2 aromatic rings. The quantitative estimate of drug-likeness (QED) is 0.771. The van der Waals surface area contributed by atoms with Gasteiger partial charge in [0.25, 0.3) is 0 Å². The zero-order chi connectivity index (χ0) is 16.6. The van der Waals surface area contributed by atoms with Crippen molar-refractivity contribution in [3.05, 3.63) is 46.5 Å². The van der Waals surface area contributed by atoms with Gasteiger partial charge in [-0.2, -0.15) is 0 Å². The van der Waals surface area contributed by atoms with Crippen molar-refractivity contribution in [1.82, 2.24) is 0 Å². The molecule has 0 atom stereocenters. The van der Waals surface area contributed by atoms with Crippen molar-refractivity contribution in [2.45, 2.75) is 53.4 Å². The predicted molar refractivity (Wildman–Crippen MR) is 92.9 cm³/mol. The first-order chi connectivity index (χ1) is 10.2. The first-order valence-corrected chi connectivity index (χ1v) is 7.89. The Morgan fingerprint density at radius 3 is 1.23 bits per heavy atom. The maximum atomic E-state index is 10.6. The monoisotopic (exact) mass is 298 g/mol. The van der Waals surface area contributed by atoms with Gasteiger partial charge in [0.1, 0.15) is 11.5 Å². The minimum absolute atomic E-state index is 0.241. The van der Waals surface area contributed by atoms with E-state index in [4.69, 9.17) is 0 Å². The van der Waals surface area contributed by atoms with Crippen LogP contribution < -0.4 is 0 Å². The minimum atomic E-state index is 0.241. The largest absolute Gasteiger partial charge is 0.507 e. The number of rotatable bonds is 3. The van der Waals surface area contributed by atoms with Crippen LogP contribution in [0.2, 0.25) is 0 Å². The van der Waals surface area contributed by atoms with E-state index in [1.54, 1.807) is 12.1 Å². The van der Waals surface area contributed by atoms with E-state index in [1.807, 2.05) is 13.8 Å². The number of phenols is 2. The molecule has 0 aromatic heterocycles. The Balaban J connectivity index is 2.88. The molecular weight excluding hydrogens is 272 g/mol. The van der Waals surface area contributed by atoms with Crippen molar-refractivity contribution >= 4 is 0 Å². The molecule has 0 saturated carbocycles. The number of benzene rings is 2. The number of hydrogen-bond acceptors (Lipinski definition) is 2. The lowest BCUT2D eigenvalue weighted by Gasteiger charge is -2.21. The van der Waals surface area contributed by atoms with E-state index in [9.17, 15) is 10.2 Å². The van der Waals surface area contributed by atoms with Crippen molar-refractivity contribution in [2.75, 3.05) is 0 Å². The van der Waals surface area contributed by atoms with Crippen molar-refractivity contribution in [1.29, 1.82) is 0 Å². The molecule has 2 heteroatoms. The van der Waals surface area contributed by atoms with Crippen LogP contribution in [0.5, 0.6) is 11.5 Å². The lowest BCUT2D eigenvalue weighted by Crippen LogP contribution is -2.00. The van der Waals surface area contributed by atoms with Gasteiger partial charge < -0.3 is 10.2 Å². The summed E-state index contributed by atoms with van der Waals surface area (Å²) in [7, 11) is 0. The Morgan fingerprint density at radius 1 is 0.636 bits per heavy atom. The summed E-state index contributed by atoms with van der Waals surface area (Å²) in [6, 6.07) is 7.74. The van der Waals surface area contributed by atoms with Gasteiger partial charge in [-0.3, -0.25) is 0 Å². The molecule has 0 aliphatic heterocycles. The zero-order valence-corrected chi connectivity index (χ0v) is 14.4. The SMILES string of the molecule is Cc1cc(O)c(-c2c(O)cc(C)cc2C(C)C)c(C(C)C)c1. The topological polar surface area (TPSA) is 40.5 Å². The standard InChI is InChI=1S/C20H26O2/c1-11(2)15-7-13(5)9-17(21)19(15)20-16(12(3)4)8-14(6)10-18(20)22/h7-12,21-22H,1-6H3. The third kappa shape index (κ3) is 2.96. The summed E-state index contributed by atoms with van der Waals surface area (Å²) in [6.07, 6.45) is 0. The van der Waals surface area contributed by atoms with Crippen molar-refractivity contribution < 1.29 is 10.2 Å². The zero-order valence-electron chi connectivity index (χ0n) is 14.4. The third-order valence-electron chi connectivity index (χ3n) is 4.08. The molecule has 0 amide bonds. The van der Waals surface area contributed by atoms with Gasteiger partial charge in [0.05, 0.1) is 0 Å². The van der Waals surface area contributed by atoms with Crippen molar-refractivity contribution in [2.24, 2.45) is 0 Å². The summed E-state index contributed by atoms with van der Waals surface area (Å²) in [5.41, 5.74) is 5.73. The lowest BCUT2D eigenvalue weighted by molar-refractivity contribution is 0.467. The van der Waals surface area contributed by atoms with Crippen LogP contribution in [0.4, 0.5) is 0 Å². The molecule has 0 bridgehead atoms. The highest BCUT2D eigenvalue weighted by molar-refractivity contribution is 5.82. The predicted octanol–water partition coefficient (Wildman–Crippen LogP) is 5.63. The van der Waals surface area contributed by atoms with Gasteiger partial charge in [-0.1, -0.05) is 39.8 Å². The molecule has 0 radical (unpaired) electrons. The molecule has 0 aliphatic rings. The molecule has 2 nitrogen and oxygen atoms in total. The second-order valence-corrected chi connectivity index (χ2v) is 6.81. The van der Waals surface area contributed by atoms with Crippen LogP contribution in [-0.2, 0) is 0 Å². The maximum absolute atomic E-state index is 10.6. The average Bonchev–Trinajstić information content (AvgIpc) is 2.38. The maximum Gasteiger partial charge on any atom is 0.124 e. The fourth-order valence-corrected chi connectivity index (χ4v) is 3.05. The molecule has 118 valence electrons. The molecule has 22 heavy (non-hydrogen) atoms. The van der Waals surface area contributed by atoms with E-state index >= 15 is 0 Å². The van der Waals surface area contributed by atoms with Gasteiger partial charge in [0, 0.05) is 11.1 Å². The van der Waals surface area contributed by atoms with E-state index < -0.39 is 0 Å². The molecule has 0 aliphatic carbocycles. The molecule has 0 spiro atoms. The van der Waals surface area contributed by atoms with Crippen LogP contribution in [0, 0.1) is 13.8 Å². The van der Waals surface area contributed by atoms with Gasteiger partial charge in [-0.15, -0.1) is 0 Å². The molecule has 0 heterocycles. The van der Waals surface area contributed by atoms with Crippen LogP contribution in [0.15, 0.2) is 24.3 Å². The normalized spacial score (nSPS) is 11.5. The Kier molecular flexibility index (Phi) is 4.50. The molecule has 2 N–H and O–H groups in total. The average molecular weight is 298 g/mol. The molecule has 2 aromatic carbocycles. The Labute approximate surface area is 133 Å². The summed E-state index contributed by atoms with van der Waals surface area (Å²) in [5.74, 6) is 1.01. The van der Waals surface area contributed by atoms with E-state index in [2.05, 4.69) is 39.8 Å². The number of aromatic hydroxyl groups is 2. The van der Waals surface area contributed by atoms with Crippen LogP contribution in [0.1, 0.15) is 61.8 Å². The molecule has 2 rings (SSSR count).